The second-order valence-electron chi connectivity index (χ2n) is 18.4. The van der Waals surface area contributed by atoms with Gasteiger partial charge in [0.2, 0.25) is 0 Å². The molecule has 2 aromatic heterocycles. The van der Waals surface area contributed by atoms with E-state index in [1.54, 1.807) is 0 Å². The Morgan fingerprint density at radius 3 is 1.06 bits per heavy atom. The summed E-state index contributed by atoms with van der Waals surface area (Å²) in [4.78, 5) is 4.86. The Bertz CT molecular complexity index is 4060. The Labute approximate surface area is 404 Å². The predicted octanol–water partition coefficient (Wildman–Crippen LogP) is 19.3. The first-order valence-corrected chi connectivity index (χ1v) is 24.0. The summed E-state index contributed by atoms with van der Waals surface area (Å²) >= 11 is 0. The first-order valence-electron chi connectivity index (χ1n) is 24.0. The molecule has 0 spiro atoms. The maximum absolute atomic E-state index is 6.98. The summed E-state index contributed by atoms with van der Waals surface area (Å²) in [6.07, 6.45) is 0. The molecule has 4 heteroatoms. The van der Waals surface area contributed by atoms with Gasteiger partial charge in [-0.25, -0.2) is 0 Å². The van der Waals surface area contributed by atoms with Crippen LogP contribution < -0.4 is 9.80 Å². The van der Waals surface area contributed by atoms with Crippen molar-refractivity contribution in [3.8, 4) is 22.3 Å². The van der Waals surface area contributed by atoms with Gasteiger partial charge in [0, 0.05) is 43.4 Å². The molecule has 0 fully saturated rings. The van der Waals surface area contributed by atoms with Crippen LogP contribution in [-0.2, 0) is 0 Å². The van der Waals surface area contributed by atoms with Crippen LogP contribution in [0.2, 0.25) is 0 Å². The average Bonchev–Trinajstić information content (AvgIpc) is 4.01. The Balaban J connectivity index is 1.06. The van der Waals surface area contributed by atoms with Crippen molar-refractivity contribution in [1.29, 1.82) is 0 Å². The zero-order valence-corrected chi connectivity index (χ0v) is 38.7. The van der Waals surface area contributed by atoms with E-state index < -0.39 is 0 Å². The smallest absolute Gasteiger partial charge is 0.159 e. The third-order valence-electron chi connectivity index (χ3n) is 14.4. The molecule has 14 rings (SSSR count). The molecule has 0 radical (unpaired) electrons. The zero-order chi connectivity index (χ0) is 46.5. The van der Waals surface area contributed by atoms with Gasteiger partial charge in [-0.15, -0.1) is 0 Å². The quantitative estimate of drug-likeness (QED) is 0.142. The minimum absolute atomic E-state index is 0.852. The summed E-state index contributed by atoms with van der Waals surface area (Å²) in [6.45, 7) is 4.25. The normalized spacial score (nSPS) is 11.9. The molecular formula is C66H44N2O2. The van der Waals surface area contributed by atoms with Gasteiger partial charge >= 0.3 is 0 Å². The van der Waals surface area contributed by atoms with Gasteiger partial charge in [0.25, 0.3) is 0 Å². The number of hydrogen-bond donors (Lipinski definition) is 0. The zero-order valence-electron chi connectivity index (χ0n) is 38.7. The SMILES string of the molecule is Cc1cccc2c1oc1c(N(c3ccccc3-c3ccccc3)c3ccc4ccc5c(N(c6ccccc6-c6ccccc6)c6cccc7c6oc6c(C)cccc67)ccc6ccc3c4c65)cccc12. The van der Waals surface area contributed by atoms with E-state index in [1.807, 2.05) is 0 Å². The fraction of sp³-hybridized carbons (Fsp3) is 0.0303. The van der Waals surface area contributed by atoms with Gasteiger partial charge in [0.15, 0.2) is 11.2 Å². The number of anilines is 6. The second-order valence-corrected chi connectivity index (χ2v) is 18.4. The van der Waals surface area contributed by atoms with E-state index in [9.17, 15) is 0 Å². The first-order chi connectivity index (χ1) is 34.6. The third-order valence-corrected chi connectivity index (χ3v) is 14.4. The number of nitrogens with zero attached hydrogens (tertiary/aromatic N) is 2. The molecule has 0 aliphatic rings. The summed E-state index contributed by atoms with van der Waals surface area (Å²) in [5.41, 5.74) is 16.5. The van der Waals surface area contributed by atoms with Crippen LogP contribution in [0.5, 0.6) is 0 Å². The Kier molecular flexibility index (Phi) is 8.99. The lowest BCUT2D eigenvalue weighted by atomic mass is 9.91. The summed E-state index contributed by atoms with van der Waals surface area (Å²) < 4.78 is 14.0. The molecule has 0 N–H and O–H groups in total. The van der Waals surface area contributed by atoms with Crippen LogP contribution in [0.3, 0.4) is 0 Å². The molecule has 0 aliphatic heterocycles. The molecule has 0 amide bonds. The summed E-state index contributed by atoms with van der Waals surface area (Å²) in [7, 11) is 0. The maximum atomic E-state index is 6.98. The van der Waals surface area contributed by atoms with Crippen molar-refractivity contribution in [2.75, 3.05) is 9.80 Å². The van der Waals surface area contributed by atoms with Gasteiger partial charge < -0.3 is 18.6 Å². The van der Waals surface area contributed by atoms with E-state index in [-0.39, 0.29) is 0 Å². The minimum Gasteiger partial charge on any atom is -0.454 e. The highest BCUT2D eigenvalue weighted by Gasteiger charge is 2.28. The molecular weight excluding hydrogens is 853 g/mol. The highest BCUT2D eigenvalue weighted by Crippen LogP contribution is 2.52. The molecule has 0 saturated carbocycles. The summed E-state index contributed by atoms with van der Waals surface area (Å²) in [5, 5.41) is 11.5. The minimum atomic E-state index is 0.852. The lowest BCUT2D eigenvalue weighted by Crippen LogP contribution is -2.13. The van der Waals surface area contributed by atoms with Gasteiger partial charge in [0.1, 0.15) is 11.2 Å². The fourth-order valence-electron chi connectivity index (χ4n) is 11.2. The third kappa shape index (κ3) is 6.03. The molecule has 2 heterocycles. The number of rotatable bonds is 8. The summed E-state index contributed by atoms with van der Waals surface area (Å²) in [5.74, 6) is 0. The molecule has 12 aromatic carbocycles. The van der Waals surface area contributed by atoms with Crippen LogP contribution >= 0.6 is 0 Å². The van der Waals surface area contributed by atoms with E-state index in [2.05, 4.69) is 254 Å². The second kappa shape index (κ2) is 15.7. The van der Waals surface area contributed by atoms with Gasteiger partial charge in [-0.1, -0.05) is 194 Å². The summed E-state index contributed by atoms with van der Waals surface area (Å²) in [6, 6.07) is 83.3. The number of para-hydroxylation sites is 6. The molecule has 4 nitrogen and oxygen atoms in total. The van der Waals surface area contributed by atoms with E-state index in [0.717, 1.165) is 122 Å². The largest absolute Gasteiger partial charge is 0.454 e. The van der Waals surface area contributed by atoms with Gasteiger partial charge in [0.05, 0.1) is 34.1 Å². The fourth-order valence-corrected chi connectivity index (χ4v) is 11.2. The van der Waals surface area contributed by atoms with Crippen molar-refractivity contribution < 1.29 is 8.83 Å². The molecule has 0 bridgehead atoms. The topological polar surface area (TPSA) is 32.8 Å². The van der Waals surface area contributed by atoms with E-state index in [4.69, 9.17) is 8.83 Å². The molecule has 0 aliphatic carbocycles. The van der Waals surface area contributed by atoms with Crippen LogP contribution in [0.25, 0.3) is 98.4 Å². The molecule has 0 unspecified atom stereocenters. The van der Waals surface area contributed by atoms with Crippen LogP contribution in [0.15, 0.2) is 239 Å². The molecule has 0 atom stereocenters. The van der Waals surface area contributed by atoms with Gasteiger partial charge in [-0.05, 0) is 94.0 Å². The van der Waals surface area contributed by atoms with Crippen molar-refractivity contribution in [2.24, 2.45) is 0 Å². The molecule has 70 heavy (non-hydrogen) atoms. The number of furan rings is 2. The van der Waals surface area contributed by atoms with Crippen LogP contribution in [0, 0.1) is 13.8 Å². The lowest BCUT2D eigenvalue weighted by Gasteiger charge is -2.31. The van der Waals surface area contributed by atoms with Crippen molar-refractivity contribution in [1.82, 2.24) is 0 Å². The highest BCUT2D eigenvalue weighted by molar-refractivity contribution is 6.29. The Morgan fingerprint density at radius 2 is 0.614 bits per heavy atom. The van der Waals surface area contributed by atoms with Gasteiger partial charge in [-0.2, -0.15) is 0 Å². The monoisotopic (exact) mass is 896 g/mol. The first kappa shape index (κ1) is 40.0. The molecule has 0 saturated heterocycles. The number of aryl methyl sites for hydroxylation is 2. The van der Waals surface area contributed by atoms with Crippen molar-refractivity contribution in [3.63, 3.8) is 0 Å². The Morgan fingerprint density at radius 1 is 0.257 bits per heavy atom. The maximum Gasteiger partial charge on any atom is 0.159 e. The lowest BCUT2D eigenvalue weighted by molar-refractivity contribution is 0.665. The van der Waals surface area contributed by atoms with Crippen LogP contribution in [0.4, 0.5) is 34.1 Å². The predicted molar refractivity (Wildman–Crippen MR) is 294 cm³/mol. The van der Waals surface area contributed by atoms with Gasteiger partial charge in [-0.3, -0.25) is 0 Å². The van der Waals surface area contributed by atoms with Crippen molar-refractivity contribution in [3.05, 3.63) is 242 Å². The molecule has 330 valence electrons. The van der Waals surface area contributed by atoms with Crippen molar-refractivity contribution >= 4 is 110 Å². The Hall–Kier alpha value is -9.12. The van der Waals surface area contributed by atoms with Crippen LogP contribution in [-0.4, -0.2) is 0 Å². The number of fused-ring (bicyclic) bond motifs is 6. The molecule has 14 aromatic rings. The van der Waals surface area contributed by atoms with E-state index in [0.29, 0.717) is 0 Å². The van der Waals surface area contributed by atoms with E-state index >= 15 is 0 Å². The standard InChI is InChI=1S/C66H44N2O2/c1-41-17-13-25-49-51-27-15-31-59(65(51)69-63(41)49)67(55-29-11-9-23-47(55)43-19-5-3-6-20-43)57-39-35-45-34-38-54-58(40-36-46-33-37-53(57)61(45)62(46)54)68(56-30-12-10-24-48(56)44-21-7-4-8-22-44)60-32-16-28-52-50-26-14-18-42(2)64(50)70-66(52)60/h3-40H,1-2H3. The number of benzene rings is 12. The highest BCUT2D eigenvalue weighted by atomic mass is 16.3. The van der Waals surface area contributed by atoms with Crippen LogP contribution in [0.1, 0.15) is 11.1 Å². The number of hydrogen-bond acceptors (Lipinski definition) is 4. The average molecular weight is 897 g/mol. The van der Waals surface area contributed by atoms with Crippen molar-refractivity contribution in [2.45, 2.75) is 13.8 Å². The van der Waals surface area contributed by atoms with E-state index in [1.165, 1.54) is 21.5 Å².